The van der Waals surface area contributed by atoms with Crippen molar-refractivity contribution in [2.24, 2.45) is 5.92 Å². The van der Waals surface area contributed by atoms with Crippen molar-refractivity contribution < 1.29 is 14.6 Å². The molecule has 2 aliphatic rings. The standard InChI is InChI=1S/C24H39N3O3/c1-4-30-22-9-5-8-20(24(22)29)18-27-14-6-7-19(17-27)10-11-23(28)26(3)21-12-15-25(2)16-13-21/h5,8-9,19,21,29H,4,6-7,10-18H2,1-3H3/t19-/m0/s1. The van der Waals surface area contributed by atoms with E-state index in [1.54, 1.807) is 0 Å². The van der Waals surface area contributed by atoms with E-state index in [4.69, 9.17) is 4.74 Å². The van der Waals surface area contributed by atoms with Gasteiger partial charge in [0.05, 0.1) is 6.61 Å². The fourth-order valence-corrected chi connectivity index (χ4v) is 4.83. The number of aromatic hydroxyl groups is 1. The van der Waals surface area contributed by atoms with Gasteiger partial charge in [0, 0.05) is 38.2 Å². The summed E-state index contributed by atoms with van der Waals surface area (Å²) in [5, 5.41) is 10.5. The molecule has 168 valence electrons. The van der Waals surface area contributed by atoms with E-state index < -0.39 is 0 Å². The van der Waals surface area contributed by atoms with Crippen LogP contribution in [-0.2, 0) is 11.3 Å². The van der Waals surface area contributed by atoms with E-state index in [0.29, 0.717) is 36.6 Å². The maximum atomic E-state index is 12.7. The minimum atomic E-state index is 0.261. The number of carbonyl (C=O) groups excluding carboxylic acids is 1. The van der Waals surface area contributed by atoms with Gasteiger partial charge in [-0.15, -0.1) is 0 Å². The first kappa shape index (κ1) is 22.9. The first-order chi connectivity index (χ1) is 14.5. The zero-order valence-corrected chi connectivity index (χ0v) is 19.0. The number of benzene rings is 1. The highest BCUT2D eigenvalue weighted by molar-refractivity contribution is 5.76. The fourth-order valence-electron chi connectivity index (χ4n) is 4.83. The molecule has 1 N–H and O–H groups in total. The zero-order valence-electron chi connectivity index (χ0n) is 19.0. The summed E-state index contributed by atoms with van der Waals surface area (Å²) in [7, 11) is 4.14. The summed E-state index contributed by atoms with van der Waals surface area (Å²) in [5.41, 5.74) is 0.916. The van der Waals surface area contributed by atoms with Crippen LogP contribution in [0.3, 0.4) is 0 Å². The lowest BCUT2D eigenvalue weighted by Crippen LogP contribution is -2.44. The van der Waals surface area contributed by atoms with Crippen LogP contribution in [0.15, 0.2) is 18.2 Å². The first-order valence-corrected chi connectivity index (χ1v) is 11.6. The van der Waals surface area contributed by atoms with Crippen molar-refractivity contribution >= 4 is 5.91 Å². The summed E-state index contributed by atoms with van der Waals surface area (Å²) in [4.78, 5) is 19.5. The van der Waals surface area contributed by atoms with Gasteiger partial charge in [0.2, 0.25) is 5.91 Å². The summed E-state index contributed by atoms with van der Waals surface area (Å²) < 4.78 is 5.52. The minimum Gasteiger partial charge on any atom is -0.504 e. The van der Waals surface area contributed by atoms with E-state index in [2.05, 4.69) is 16.8 Å². The number of nitrogens with zero attached hydrogens (tertiary/aromatic N) is 3. The largest absolute Gasteiger partial charge is 0.504 e. The molecule has 0 spiro atoms. The van der Waals surface area contributed by atoms with Gasteiger partial charge in [0.15, 0.2) is 11.5 Å². The van der Waals surface area contributed by atoms with Crippen molar-refractivity contribution in [1.29, 1.82) is 0 Å². The lowest BCUT2D eigenvalue weighted by molar-refractivity contribution is -0.133. The van der Waals surface area contributed by atoms with Gasteiger partial charge in [0.1, 0.15) is 0 Å². The second-order valence-corrected chi connectivity index (χ2v) is 9.02. The third-order valence-corrected chi connectivity index (χ3v) is 6.78. The van der Waals surface area contributed by atoms with Crippen molar-refractivity contribution in [2.75, 3.05) is 46.9 Å². The highest BCUT2D eigenvalue weighted by Gasteiger charge is 2.26. The number of carbonyl (C=O) groups is 1. The molecule has 1 aromatic rings. The molecule has 2 heterocycles. The van der Waals surface area contributed by atoms with Gasteiger partial charge >= 0.3 is 0 Å². The highest BCUT2D eigenvalue weighted by Crippen LogP contribution is 2.32. The number of hydrogen-bond acceptors (Lipinski definition) is 5. The molecule has 6 heteroatoms. The van der Waals surface area contributed by atoms with E-state index in [0.717, 1.165) is 64.0 Å². The maximum Gasteiger partial charge on any atom is 0.222 e. The average Bonchev–Trinajstić information content (AvgIpc) is 2.75. The predicted molar refractivity (Wildman–Crippen MR) is 120 cm³/mol. The Hall–Kier alpha value is -1.79. The molecule has 1 atom stereocenters. The number of likely N-dealkylation sites (tertiary alicyclic amines) is 2. The molecule has 1 aromatic carbocycles. The first-order valence-electron chi connectivity index (χ1n) is 11.6. The molecule has 0 radical (unpaired) electrons. The third-order valence-electron chi connectivity index (χ3n) is 6.78. The number of piperidine rings is 2. The van der Waals surface area contributed by atoms with E-state index in [1.807, 2.05) is 37.1 Å². The molecule has 0 bridgehead atoms. The number of para-hydroxylation sites is 1. The Morgan fingerprint density at radius 3 is 2.73 bits per heavy atom. The number of phenolic OH excluding ortho intramolecular Hbond substituents is 1. The Bertz CT molecular complexity index is 688. The Labute approximate surface area is 181 Å². The Morgan fingerprint density at radius 2 is 2.00 bits per heavy atom. The minimum absolute atomic E-state index is 0.261. The predicted octanol–water partition coefficient (Wildman–Crippen LogP) is 3.34. The summed E-state index contributed by atoms with van der Waals surface area (Å²) >= 11 is 0. The van der Waals surface area contributed by atoms with Crippen LogP contribution in [0, 0.1) is 5.92 Å². The van der Waals surface area contributed by atoms with Crippen LogP contribution in [0.2, 0.25) is 0 Å². The molecular formula is C24H39N3O3. The molecule has 3 rings (SSSR count). The number of ether oxygens (including phenoxy) is 1. The van der Waals surface area contributed by atoms with Gasteiger partial charge < -0.3 is 19.6 Å². The van der Waals surface area contributed by atoms with Crippen molar-refractivity contribution in [2.45, 2.75) is 58.0 Å². The highest BCUT2D eigenvalue weighted by atomic mass is 16.5. The van der Waals surface area contributed by atoms with Crippen LogP contribution >= 0.6 is 0 Å². The summed E-state index contributed by atoms with van der Waals surface area (Å²) in [6.07, 6.45) is 6.10. The molecule has 6 nitrogen and oxygen atoms in total. The lowest BCUT2D eigenvalue weighted by Gasteiger charge is -2.36. The maximum absolute atomic E-state index is 12.7. The van der Waals surface area contributed by atoms with Crippen LogP contribution in [0.5, 0.6) is 11.5 Å². The molecule has 2 aliphatic heterocycles. The zero-order chi connectivity index (χ0) is 21.5. The molecule has 0 aliphatic carbocycles. The summed E-state index contributed by atoms with van der Waals surface area (Å²) in [6.45, 7) is 7.39. The van der Waals surface area contributed by atoms with Gasteiger partial charge in [-0.3, -0.25) is 9.69 Å². The summed E-state index contributed by atoms with van der Waals surface area (Å²) in [6, 6.07) is 6.13. The normalized spacial score (nSPS) is 21.5. The van der Waals surface area contributed by atoms with E-state index in [-0.39, 0.29) is 5.75 Å². The number of hydrogen-bond donors (Lipinski definition) is 1. The van der Waals surface area contributed by atoms with Gasteiger partial charge in [-0.2, -0.15) is 0 Å². The van der Waals surface area contributed by atoms with Gasteiger partial charge in [-0.05, 0) is 77.7 Å². The second kappa shape index (κ2) is 11.0. The van der Waals surface area contributed by atoms with E-state index >= 15 is 0 Å². The lowest BCUT2D eigenvalue weighted by atomic mass is 9.92. The topological polar surface area (TPSA) is 56.2 Å². The second-order valence-electron chi connectivity index (χ2n) is 9.02. The molecule has 30 heavy (non-hydrogen) atoms. The smallest absolute Gasteiger partial charge is 0.222 e. The van der Waals surface area contributed by atoms with Crippen LogP contribution in [0.1, 0.15) is 51.0 Å². The van der Waals surface area contributed by atoms with Gasteiger partial charge in [-0.25, -0.2) is 0 Å². The van der Waals surface area contributed by atoms with Crippen molar-refractivity contribution in [3.8, 4) is 11.5 Å². The number of phenols is 1. The molecule has 0 saturated carbocycles. The number of rotatable bonds is 8. The Kier molecular flexibility index (Phi) is 8.40. The molecule has 2 fully saturated rings. The SMILES string of the molecule is CCOc1cccc(CN2CCC[C@@H](CCC(=O)N(C)C3CCN(C)CC3)C2)c1O. The fraction of sp³-hybridized carbons (Fsp3) is 0.708. The number of amides is 1. The molecule has 0 aromatic heterocycles. The molecule has 1 amide bonds. The van der Waals surface area contributed by atoms with Crippen LogP contribution in [0.25, 0.3) is 0 Å². The quantitative estimate of drug-likeness (QED) is 0.703. The van der Waals surface area contributed by atoms with Crippen LogP contribution in [0.4, 0.5) is 0 Å². The van der Waals surface area contributed by atoms with E-state index in [1.165, 1.54) is 6.42 Å². The molecular weight excluding hydrogens is 378 g/mol. The van der Waals surface area contributed by atoms with Crippen LogP contribution < -0.4 is 4.74 Å². The average molecular weight is 418 g/mol. The summed E-state index contributed by atoms with van der Waals surface area (Å²) in [5.74, 6) is 1.66. The Morgan fingerprint density at radius 1 is 1.23 bits per heavy atom. The molecule has 0 unspecified atom stereocenters. The Balaban J connectivity index is 1.47. The third kappa shape index (κ3) is 6.11. The van der Waals surface area contributed by atoms with E-state index in [9.17, 15) is 9.90 Å². The monoisotopic (exact) mass is 417 g/mol. The van der Waals surface area contributed by atoms with Crippen LogP contribution in [-0.4, -0.2) is 78.6 Å². The van der Waals surface area contributed by atoms with Gasteiger partial charge in [0.25, 0.3) is 0 Å². The van der Waals surface area contributed by atoms with Crippen molar-refractivity contribution in [1.82, 2.24) is 14.7 Å². The van der Waals surface area contributed by atoms with Crippen molar-refractivity contribution in [3.05, 3.63) is 23.8 Å². The van der Waals surface area contributed by atoms with Crippen molar-refractivity contribution in [3.63, 3.8) is 0 Å². The van der Waals surface area contributed by atoms with Gasteiger partial charge in [-0.1, -0.05) is 12.1 Å². The molecule has 2 saturated heterocycles.